The van der Waals surface area contributed by atoms with E-state index in [9.17, 15) is 24.0 Å². The first-order chi connectivity index (χ1) is 15.6. The van der Waals surface area contributed by atoms with Crippen molar-refractivity contribution in [2.45, 2.75) is 63.5 Å². The van der Waals surface area contributed by atoms with Gasteiger partial charge < -0.3 is 10.6 Å². The molecule has 176 valence electrons. The van der Waals surface area contributed by atoms with Crippen LogP contribution in [0.15, 0.2) is 30.3 Å². The molecule has 1 aromatic rings. The second kappa shape index (κ2) is 8.49. The number of carbonyl (C=O) groups is 5. The van der Waals surface area contributed by atoms with Gasteiger partial charge in [-0.25, -0.2) is 9.59 Å². The number of nitrogens with zero attached hydrogens (tertiary/aromatic N) is 2. The number of aryl methyl sites for hydroxylation is 1. The van der Waals surface area contributed by atoms with E-state index < -0.39 is 47.4 Å². The summed E-state index contributed by atoms with van der Waals surface area (Å²) in [5.74, 6) is -1.35. The van der Waals surface area contributed by atoms with Crippen LogP contribution in [-0.2, 0) is 20.8 Å². The lowest BCUT2D eigenvalue weighted by Crippen LogP contribution is -2.53. The third-order valence-corrected chi connectivity index (χ3v) is 6.93. The molecular formula is C23H29N5O5. The molecule has 7 amide bonds. The quantitative estimate of drug-likeness (QED) is 0.560. The summed E-state index contributed by atoms with van der Waals surface area (Å²) in [6, 6.07) is 8.19. The van der Waals surface area contributed by atoms with Crippen molar-refractivity contribution in [2.75, 3.05) is 6.54 Å². The van der Waals surface area contributed by atoms with Crippen molar-refractivity contribution in [1.82, 2.24) is 26.0 Å². The highest BCUT2D eigenvalue weighted by Gasteiger charge is 2.53. The van der Waals surface area contributed by atoms with E-state index in [-0.39, 0.29) is 0 Å². The van der Waals surface area contributed by atoms with Crippen LogP contribution in [0, 0.1) is 5.92 Å². The first-order valence-corrected chi connectivity index (χ1v) is 11.3. The Hall–Kier alpha value is -3.43. The molecule has 1 spiro atoms. The largest absolute Gasteiger partial charge is 0.344 e. The van der Waals surface area contributed by atoms with Crippen LogP contribution in [0.5, 0.6) is 0 Å². The zero-order valence-corrected chi connectivity index (χ0v) is 18.8. The maximum atomic E-state index is 12.9. The van der Waals surface area contributed by atoms with Crippen LogP contribution in [-0.4, -0.2) is 57.3 Å². The average Bonchev–Trinajstić information content (AvgIpc) is 3.14. The van der Waals surface area contributed by atoms with Gasteiger partial charge in [0.2, 0.25) is 0 Å². The standard InChI is InChI=1S/C23H29N5O5/c1-15-8-12-23(13-9-15)19(31)28(21(33)25-23)26-17(29)14-27-18(30)22(2,24-20(27)32)11-10-16-6-4-3-5-7-16/h3-7,15H,8-14H2,1-2H3,(H,24,32)(H,25,33)(H,26,29)/t15?,22-,23?/m0/s1. The monoisotopic (exact) mass is 455 g/mol. The molecule has 0 aromatic heterocycles. The van der Waals surface area contributed by atoms with Gasteiger partial charge in [0.1, 0.15) is 17.6 Å². The van der Waals surface area contributed by atoms with Crippen LogP contribution in [0.2, 0.25) is 0 Å². The number of benzene rings is 1. The summed E-state index contributed by atoms with van der Waals surface area (Å²) in [7, 11) is 0. The van der Waals surface area contributed by atoms with Crippen LogP contribution < -0.4 is 16.1 Å². The lowest BCUT2D eigenvalue weighted by Gasteiger charge is -2.33. The number of hydrogen-bond acceptors (Lipinski definition) is 5. The van der Waals surface area contributed by atoms with Gasteiger partial charge in [0, 0.05) is 0 Å². The summed E-state index contributed by atoms with van der Waals surface area (Å²) in [6.07, 6.45) is 3.58. The van der Waals surface area contributed by atoms with Gasteiger partial charge in [-0.3, -0.25) is 24.7 Å². The van der Waals surface area contributed by atoms with Crippen molar-refractivity contribution in [3.63, 3.8) is 0 Å². The number of nitrogens with one attached hydrogen (secondary N) is 3. The molecule has 1 saturated carbocycles. The Morgan fingerprint density at radius 3 is 2.36 bits per heavy atom. The second-order valence-corrected chi connectivity index (χ2v) is 9.51. The van der Waals surface area contributed by atoms with Gasteiger partial charge in [0.15, 0.2) is 0 Å². The lowest BCUT2D eigenvalue weighted by molar-refractivity contribution is -0.141. The van der Waals surface area contributed by atoms with Crippen molar-refractivity contribution < 1.29 is 24.0 Å². The number of amides is 7. The molecule has 33 heavy (non-hydrogen) atoms. The Bertz CT molecular complexity index is 988. The van der Waals surface area contributed by atoms with Crippen LogP contribution in [0.4, 0.5) is 9.59 Å². The Morgan fingerprint density at radius 1 is 1.03 bits per heavy atom. The molecule has 3 aliphatic rings. The normalized spacial score (nSPS) is 29.5. The predicted octanol–water partition coefficient (Wildman–Crippen LogP) is 1.46. The number of hydrogen-bond donors (Lipinski definition) is 3. The van der Waals surface area contributed by atoms with E-state index in [0.29, 0.717) is 36.6 Å². The minimum absolute atomic E-state index is 0.369. The van der Waals surface area contributed by atoms with E-state index in [4.69, 9.17) is 0 Å². The van der Waals surface area contributed by atoms with Gasteiger partial charge in [0.25, 0.3) is 17.7 Å². The summed E-state index contributed by atoms with van der Waals surface area (Å²) >= 11 is 0. The van der Waals surface area contributed by atoms with Crippen LogP contribution in [0.1, 0.15) is 51.5 Å². The molecule has 3 N–H and O–H groups in total. The summed E-state index contributed by atoms with van der Waals surface area (Å²) in [5, 5.41) is 6.05. The number of rotatable bonds is 6. The van der Waals surface area contributed by atoms with Crippen molar-refractivity contribution in [1.29, 1.82) is 0 Å². The molecule has 1 aromatic carbocycles. The lowest BCUT2D eigenvalue weighted by atomic mass is 9.77. The van der Waals surface area contributed by atoms with Crippen molar-refractivity contribution in [2.24, 2.45) is 5.92 Å². The predicted molar refractivity (Wildman–Crippen MR) is 117 cm³/mol. The van der Waals surface area contributed by atoms with Gasteiger partial charge in [-0.05, 0) is 56.9 Å². The molecule has 10 heteroatoms. The molecule has 1 aliphatic carbocycles. The highest BCUT2D eigenvalue weighted by molar-refractivity contribution is 6.10. The fraction of sp³-hybridized carbons (Fsp3) is 0.522. The fourth-order valence-corrected chi connectivity index (χ4v) is 4.72. The molecule has 10 nitrogen and oxygen atoms in total. The highest BCUT2D eigenvalue weighted by atomic mass is 16.2. The molecule has 1 atom stereocenters. The topological polar surface area (TPSA) is 128 Å². The van der Waals surface area contributed by atoms with Gasteiger partial charge in [-0.15, -0.1) is 0 Å². The average molecular weight is 456 g/mol. The molecule has 0 radical (unpaired) electrons. The van der Waals surface area contributed by atoms with E-state index in [1.807, 2.05) is 30.3 Å². The molecule has 0 unspecified atom stereocenters. The first kappa shape index (κ1) is 22.8. The summed E-state index contributed by atoms with van der Waals surface area (Å²) in [6.45, 7) is 3.13. The summed E-state index contributed by atoms with van der Waals surface area (Å²) in [4.78, 5) is 64.1. The number of hydrazine groups is 1. The maximum Gasteiger partial charge on any atom is 0.344 e. The van der Waals surface area contributed by atoms with Gasteiger partial charge in [-0.2, -0.15) is 5.01 Å². The highest BCUT2D eigenvalue weighted by Crippen LogP contribution is 2.35. The van der Waals surface area contributed by atoms with Crippen LogP contribution in [0.3, 0.4) is 0 Å². The second-order valence-electron chi connectivity index (χ2n) is 9.51. The van der Waals surface area contributed by atoms with Crippen molar-refractivity contribution >= 4 is 29.8 Å². The Labute approximate surface area is 192 Å². The molecular weight excluding hydrogens is 426 g/mol. The Morgan fingerprint density at radius 2 is 1.70 bits per heavy atom. The van der Waals surface area contributed by atoms with Crippen LogP contribution >= 0.6 is 0 Å². The van der Waals surface area contributed by atoms with E-state index in [1.54, 1.807) is 6.92 Å². The summed E-state index contributed by atoms with van der Waals surface area (Å²) < 4.78 is 0. The molecule has 4 rings (SSSR count). The maximum absolute atomic E-state index is 12.9. The zero-order valence-electron chi connectivity index (χ0n) is 18.8. The molecule has 2 saturated heterocycles. The fourth-order valence-electron chi connectivity index (χ4n) is 4.72. The number of carbonyl (C=O) groups excluding carboxylic acids is 5. The molecule has 2 heterocycles. The minimum atomic E-state index is -1.14. The van der Waals surface area contributed by atoms with E-state index >= 15 is 0 Å². The third-order valence-electron chi connectivity index (χ3n) is 6.93. The minimum Gasteiger partial charge on any atom is -0.323 e. The Kier molecular flexibility index (Phi) is 5.85. The number of urea groups is 2. The molecule has 0 bridgehead atoms. The van der Waals surface area contributed by atoms with E-state index in [1.165, 1.54) is 0 Å². The van der Waals surface area contributed by atoms with Gasteiger partial charge in [0.05, 0.1) is 0 Å². The Balaban J connectivity index is 1.36. The number of imide groups is 2. The van der Waals surface area contributed by atoms with Crippen LogP contribution in [0.25, 0.3) is 0 Å². The molecule has 3 fully saturated rings. The van der Waals surface area contributed by atoms with Crippen molar-refractivity contribution in [3.8, 4) is 0 Å². The molecule has 2 aliphatic heterocycles. The van der Waals surface area contributed by atoms with Gasteiger partial charge in [-0.1, -0.05) is 37.3 Å². The summed E-state index contributed by atoms with van der Waals surface area (Å²) in [5.41, 5.74) is 1.17. The third kappa shape index (κ3) is 4.29. The van der Waals surface area contributed by atoms with E-state index in [2.05, 4.69) is 23.0 Å². The van der Waals surface area contributed by atoms with Gasteiger partial charge >= 0.3 is 12.1 Å². The van der Waals surface area contributed by atoms with Crippen molar-refractivity contribution in [3.05, 3.63) is 35.9 Å². The zero-order chi connectivity index (χ0) is 23.8. The van der Waals surface area contributed by atoms with E-state index in [0.717, 1.165) is 23.3 Å². The first-order valence-electron chi connectivity index (χ1n) is 11.3. The SMILES string of the molecule is CC1CCC2(CC1)NC(=O)N(NC(=O)CN1C(=O)N[C@@](C)(CCc3ccccc3)C1=O)C2=O. The smallest absolute Gasteiger partial charge is 0.323 e.